The van der Waals surface area contributed by atoms with Crippen LogP contribution in [0.1, 0.15) is 28.8 Å². The van der Waals surface area contributed by atoms with Gasteiger partial charge in [-0.15, -0.1) is 0 Å². The highest BCUT2D eigenvalue weighted by atomic mass is 16.5. The predicted molar refractivity (Wildman–Crippen MR) is 112 cm³/mol. The lowest BCUT2D eigenvalue weighted by Crippen LogP contribution is -2.59. The highest BCUT2D eigenvalue weighted by molar-refractivity contribution is 5.79. The summed E-state index contributed by atoms with van der Waals surface area (Å²) in [5, 5.41) is 1.27. The molecule has 0 radical (unpaired) electrons. The Balaban J connectivity index is 1.58. The van der Waals surface area contributed by atoms with E-state index in [2.05, 4.69) is 60.5 Å². The van der Waals surface area contributed by atoms with Crippen molar-refractivity contribution in [2.45, 2.75) is 31.1 Å². The van der Waals surface area contributed by atoms with Crippen LogP contribution < -0.4 is 4.74 Å². The Bertz CT molecular complexity index is 1110. The first-order valence-corrected chi connectivity index (χ1v) is 10.4. The molecular weight excluding hydrogens is 344 g/mol. The van der Waals surface area contributed by atoms with Crippen LogP contribution in [0.15, 0.2) is 48.5 Å². The first kappa shape index (κ1) is 16.6. The van der Waals surface area contributed by atoms with E-state index in [1.807, 2.05) is 0 Å². The summed E-state index contributed by atoms with van der Waals surface area (Å²) in [7, 11) is 4.07. The maximum Gasteiger partial charge on any atom is 0.119 e. The third-order valence-electron chi connectivity index (χ3n) is 7.76. The van der Waals surface area contributed by atoms with Gasteiger partial charge in [-0.2, -0.15) is 0 Å². The minimum atomic E-state index is 0.186. The SMILES string of the molecule is COc1ccc2c(c1)C13CCN(C)CC1(C2)Cc1cc2ccccc2nc1C3. The molecule has 1 saturated heterocycles. The van der Waals surface area contributed by atoms with Crippen molar-refractivity contribution >= 4 is 10.9 Å². The van der Waals surface area contributed by atoms with Crippen molar-refractivity contribution in [3.8, 4) is 5.75 Å². The number of piperidine rings is 1. The van der Waals surface area contributed by atoms with Crippen molar-refractivity contribution in [2.24, 2.45) is 5.41 Å². The fraction of sp³-hybridized carbons (Fsp3) is 0.400. The lowest BCUT2D eigenvalue weighted by Gasteiger charge is -2.55. The van der Waals surface area contributed by atoms with Crippen LogP contribution in [-0.2, 0) is 24.7 Å². The van der Waals surface area contributed by atoms with Crippen LogP contribution in [0.2, 0.25) is 0 Å². The van der Waals surface area contributed by atoms with Gasteiger partial charge in [0.1, 0.15) is 5.75 Å². The third-order valence-corrected chi connectivity index (χ3v) is 7.76. The highest BCUT2D eigenvalue weighted by Gasteiger charge is 2.61. The highest BCUT2D eigenvalue weighted by Crippen LogP contribution is 2.62. The monoisotopic (exact) mass is 370 g/mol. The Kier molecular flexibility index (Phi) is 3.30. The van der Waals surface area contributed by atoms with Crippen molar-refractivity contribution in [3.05, 3.63) is 70.9 Å². The number of aromatic nitrogens is 1. The van der Waals surface area contributed by atoms with E-state index >= 15 is 0 Å². The number of rotatable bonds is 1. The molecule has 0 bridgehead atoms. The van der Waals surface area contributed by atoms with Gasteiger partial charge in [-0.05, 0) is 73.8 Å². The lowest BCUT2D eigenvalue weighted by atomic mass is 9.52. The molecule has 3 aliphatic rings. The van der Waals surface area contributed by atoms with E-state index in [1.165, 1.54) is 40.6 Å². The Morgan fingerprint density at radius 1 is 1.00 bits per heavy atom. The molecule has 1 aromatic heterocycles. The van der Waals surface area contributed by atoms with Crippen LogP contribution in [0.3, 0.4) is 0 Å². The van der Waals surface area contributed by atoms with E-state index in [0.29, 0.717) is 0 Å². The van der Waals surface area contributed by atoms with Gasteiger partial charge in [0.15, 0.2) is 0 Å². The molecule has 3 heteroatoms. The average Bonchev–Trinajstić information content (AvgIpc) is 2.98. The quantitative estimate of drug-likeness (QED) is 0.643. The van der Waals surface area contributed by atoms with Gasteiger partial charge in [-0.1, -0.05) is 24.3 Å². The van der Waals surface area contributed by atoms with E-state index in [0.717, 1.165) is 37.2 Å². The number of fused-ring (bicyclic) bond motifs is 3. The molecule has 142 valence electrons. The number of methoxy groups -OCH3 is 1. The second kappa shape index (κ2) is 5.57. The third kappa shape index (κ3) is 2.06. The normalized spacial score (nSPS) is 28.4. The molecule has 2 aromatic carbocycles. The lowest BCUT2D eigenvalue weighted by molar-refractivity contribution is 0.0150. The summed E-state index contributed by atoms with van der Waals surface area (Å²) in [6.45, 7) is 2.32. The smallest absolute Gasteiger partial charge is 0.119 e. The van der Waals surface area contributed by atoms with Crippen LogP contribution in [0.4, 0.5) is 0 Å². The van der Waals surface area contributed by atoms with E-state index in [9.17, 15) is 0 Å². The summed E-state index contributed by atoms with van der Waals surface area (Å²) in [4.78, 5) is 7.69. The zero-order valence-corrected chi connectivity index (χ0v) is 16.7. The zero-order chi connectivity index (χ0) is 18.9. The predicted octanol–water partition coefficient (Wildman–Crippen LogP) is 4.16. The Labute approximate surface area is 166 Å². The maximum absolute atomic E-state index is 5.62. The van der Waals surface area contributed by atoms with Gasteiger partial charge >= 0.3 is 0 Å². The van der Waals surface area contributed by atoms with Crippen molar-refractivity contribution in [3.63, 3.8) is 0 Å². The van der Waals surface area contributed by atoms with Crippen LogP contribution in [0, 0.1) is 5.41 Å². The molecule has 6 rings (SSSR count). The second-order valence-electron chi connectivity index (χ2n) is 9.19. The van der Waals surface area contributed by atoms with Gasteiger partial charge in [0.25, 0.3) is 0 Å². The number of ether oxygens (including phenoxy) is 1. The molecule has 0 amide bonds. The average molecular weight is 370 g/mol. The molecule has 3 aromatic rings. The van der Waals surface area contributed by atoms with Crippen LogP contribution >= 0.6 is 0 Å². The van der Waals surface area contributed by atoms with E-state index < -0.39 is 0 Å². The molecule has 2 atom stereocenters. The topological polar surface area (TPSA) is 25.4 Å². The van der Waals surface area contributed by atoms with Crippen molar-refractivity contribution in [1.29, 1.82) is 0 Å². The molecule has 1 aliphatic heterocycles. The standard InChI is InChI=1S/C25H26N2O/c1-27-10-9-25-15-23-19(11-17-5-3-4-6-22(17)26-23)14-24(25,16-27)13-18-7-8-20(28-2)12-21(18)25/h3-8,11-12H,9-10,13-16H2,1-2H3. The number of para-hydroxylation sites is 1. The van der Waals surface area contributed by atoms with Gasteiger partial charge in [0, 0.05) is 34.9 Å². The Morgan fingerprint density at radius 3 is 2.75 bits per heavy atom. The molecule has 28 heavy (non-hydrogen) atoms. The van der Waals surface area contributed by atoms with Crippen molar-refractivity contribution in [2.75, 3.05) is 27.2 Å². The zero-order valence-electron chi connectivity index (χ0n) is 16.7. The van der Waals surface area contributed by atoms with Crippen LogP contribution in [-0.4, -0.2) is 37.1 Å². The molecule has 0 spiro atoms. The number of hydrogen-bond donors (Lipinski definition) is 0. The largest absolute Gasteiger partial charge is 0.497 e. The molecule has 0 N–H and O–H groups in total. The summed E-state index contributed by atoms with van der Waals surface area (Å²) in [5.74, 6) is 0.986. The van der Waals surface area contributed by atoms with Gasteiger partial charge in [0.2, 0.25) is 0 Å². The van der Waals surface area contributed by atoms with E-state index in [-0.39, 0.29) is 10.8 Å². The van der Waals surface area contributed by atoms with E-state index in [1.54, 1.807) is 7.11 Å². The van der Waals surface area contributed by atoms with Crippen LogP contribution in [0.25, 0.3) is 10.9 Å². The molecule has 0 saturated carbocycles. The summed E-state index contributed by atoms with van der Waals surface area (Å²) in [6, 6.07) is 17.8. The van der Waals surface area contributed by atoms with Gasteiger partial charge in [-0.25, -0.2) is 0 Å². The second-order valence-corrected chi connectivity index (χ2v) is 9.19. The van der Waals surface area contributed by atoms with Crippen molar-refractivity contribution < 1.29 is 4.74 Å². The number of benzene rings is 2. The molecule has 2 heterocycles. The Hall–Kier alpha value is -2.39. The number of hydrogen-bond acceptors (Lipinski definition) is 3. The summed E-state index contributed by atoms with van der Waals surface area (Å²) >= 11 is 0. The maximum atomic E-state index is 5.62. The summed E-state index contributed by atoms with van der Waals surface area (Å²) in [6.07, 6.45) is 4.56. The Morgan fingerprint density at radius 2 is 1.86 bits per heavy atom. The fourth-order valence-corrected chi connectivity index (χ4v) is 6.50. The molecule has 3 nitrogen and oxygen atoms in total. The van der Waals surface area contributed by atoms with Gasteiger partial charge < -0.3 is 9.64 Å². The number of pyridine rings is 1. The fourth-order valence-electron chi connectivity index (χ4n) is 6.50. The molecule has 2 unspecified atom stereocenters. The molecular formula is C25H26N2O. The van der Waals surface area contributed by atoms with Crippen LogP contribution in [0.5, 0.6) is 5.75 Å². The minimum absolute atomic E-state index is 0.186. The summed E-state index contributed by atoms with van der Waals surface area (Å²) in [5.41, 5.74) is 7.41. The van der Waals surface area contributed by atoms with Crippen molar-refractivity contribution in [1.82, 2.24) is 9.88 Å². The summed E-state index contributed by atoms with van der Waals surface area (Å²) < 4.78 is 5.62. The van der Waals surface area contributed by atoms with Gasteiger partial charge in [0.05, 0.1) is 12.6 Å². The molecule has 2 aliphatic carbocycles. The first-order valence-electron chi connectivity index (χ1n) is 10.4. The van der Waals surface area contributed by atoms with Gasteiger partial charge in [-0.3, -0.25) is 4.98 Å². The number of nitrogens with zero attached hydrogens (tertiary/aromatic N) is 2. The van der Waals surface area contributed by atoms with E-state index in [4.69, 9.17) is 9.72 Å². The number of likely N-dealkylation sites (tertiary alicyclic amines) is 1. The first-order chi connectivity index (χ1) is 13.6. The molecule has 1 fully saturated rings. The minimum Gasteiger partial charge on any atom is -0.497 e.